The van der Waals surface area contributed by atoms with Gasteiger partial charge in [0.05, 0.1) is 12.5 Å². The molecule has 0 bridgehead atoms. The van der Waals surface area contributed by atoms with E-state index in [0.717, 1.165) is 44.9 Å². The smallest absolute Gasteiger partial charge is 0.308 e. The number of carbonyl (C=O) groups excluding carboxylic acids is 2. The highest BCUT2D eigenvalue weighted by Crippen LogP contribution is 2.36. The Kier molecular flexibility index (Phi) is 16.9. The van der Waals surface area contributed by atoms with Crippen molar-refractivity contribution >= 4 is 17.8 Å². The lowest BCUT2D eigenvalue weighted by Crippen LogP contribution is -2.57. The Balaban J connectivity index is 1.64. The number of ether oxygens (including phenoxy) is 2. The van der Waals surface area contributed by atoms with Gasteiger partial charge in [-0.05, 0) is 64.7 Å². The average molecular weight is 607 g/mol. The first-order chi connectivity index (χ1) is 20.5. The molecule has 3 N–H and O–H groups in total. The van der Waals surface area contributed by atoms with Crippen LogP contribution in [0, 0.1) is 17.3 Å². The van der Waals surface area contributed by atoms with E-state index in [4.69, 9.17) is 9.47 Å². The van der Waals surface area contributed by atoms with Crippen LogP contribution in [0.2, 0.25) is 0 Å². The van der Waals surface area contributed by atoms with Crippen molar-refractivity contribution in [3.8, 4) is 0 Å². The van der Waals surface area contributed by atoms with Crippen LogP contribution in [0.1, 0.15) is 144 Å². The van der Waals surface area contributed by atoms with Crippen molar-refractivity contribution in [2.45, 2.75) is 162 Å². The SMILES string of the molecule is CCCCCCCCC=CCCCCCCCC(=O)NC1CCCC1C(CNC(=O)C1OC(C)(C)OCC1(C)C)C(=O)O. The van der Waals surface area contributed by atoms with Crippen LogP contribution in [0.5, 0.6) is 0 Å². The zero-order chi connectivity index (χ0) is 31.7. The molecular weight excluding hydrogens is 544 g/mol. The van der Waals surface area contributed by atoms with Gasteiger partial charge in [0.25, 0.3) is 0 Å². The Morgan fingerprint density at radius 2 is 1.49 bits per heavy atom. The number of hydrogen-bond acceptors (Lipinski definition) is 5. The second kappa shape index (κ2) is 19.5. The molecule has 2 aliphatic rings. The topological polar surface area (TPSA) is 114 Å². The summed E-state index contributed by atoms with van der Waals surface area (Å²) in [6.07, 6.45) is 22.6. The van der Waals surface area contributed by atoms with E-state index in [0.29, 0.717) is 13.0 Å². The van der Waals surface area contributed by atoms with Crippen molar-refractivity contribution in [3.63, 3.8) is 0 Å². The van der Waals surface area contributed by atoms with Gasteiger partial charge in [-0.2, -0.15) is 0 Å². The maximum absolute atomic E-state index is 13.1. The fourth-order valence-electron chi connectivity index (χ4n) is 6.33. The fraction of sp³-hybridized carbons (Fsp3) is 0.857. The first-order valence-electron chi connectivity index (χ1n) is 17.2. The maximum atomic E-state index is 13.1. The Hall–Kier alpha value is -1.93. The van der Waals surface area contributed by atoms with Crippen LogP contribution in [0.3, 0.4) is 0 Å². The van der Waals surface area contributed by atoms with Gasteiger partial charge in [-0.15, -0.1) is 0 Å². The lowest BCUT2D eigenvalue weighted by Gasteiger charge is -2.44. The van der Waals surface area contributed by atoms with Crippen molar-refractivity contribution in [1.29, 1.82) is 0 Å². The van der Waals surface area contributed by atoms with Gasteiger partial charge in [0.2, 0.25) is 11.8 Å². The number of rotatable bonds is 21. The van der Waals surface area contributed by atoms with Crippen LogP contribution in [-0.4, -0.2) is 54.0 Å². The van der Waals surface area contributed by atoms with Gasteiger partial charge in [-0.25, -0.2) is 0 Å². The van der Waals surface area contributed by atoms with E-state index in [1.807, 2.05) is 13.8 Å². The number of unbranched alkanes of at least 4 members (excludes halogenated alkanes) is 11. The molecule has 1 aliphatic heterocycles. The van der Waals surface area contributed by atoms with Crippen LogP contribution in [-0.2, 0) is 23.9 Å². The standard InChI is InChI=1S/C35H62N2O6/c1-6-7-8-9-10-11-12-13-14-15-16-17-18-19-20-24-30(38)37-29-23-21-22-27(29)28(33(40)41)25-36-32(39)31-34(2,3)26-42-35(4,5)43-31/h13-14,27-29,31H,6-12,15-26H2,1-5H3,(H,36,39)(H,37,38)(H,40,41). The predicted molar refractivity (Wildman–Crippen MR) is 172 cm³/mol. The summed E-state index contributed by atoms with van der Waals surface area (Å²) in [4.78, 5) is 38.0. The fourth-order valence-corrected chi connectivity index (χ4v) is 6.33. The van der Waals surface area contributed by atoms with E-state index in [2.05, 4.69) is 29.7 Å². The van der Waals surface area contributed by atoms with Crippen LogP contribution in [0.25, 0.3) is 0 Å². The molecule has 1 aliphatic carbocycles. The van der Waals surface area contributed by atoms with Gasteiger partial charge < -0.3 is 25.2 Å². The molecular formula is C35H62N2O6. The summed E-state index contributed by atoms with van der Waals surface area (Å²) in [5.41, 5.74) is -0.536. The maximum Gasteiger partial charge on any atom is 0.308 e. The lowest BCUT2D eigenvalue weighted by molar-refractivity contribution is -0.304. The molecule has 0 aromatic carbocycles. The molecule has 1 saturated carbocycles. The third-order valence-corrected chi connectivity index (χ3v) is 9.05. The number of hydrogen-bond donors (Lipinski definition) is 3. The molecule has 2 rings (SSSR count). The molecule has 4 unspecified atom stereocenters. The summed E-state index contributed by atoms with van der Waals surface area (Å²) in [5, 5.41) is 16.0. The molecule has 2 fully saturated rings. The number of allylic oxidation sites excluding steroid dienone is 2. The van der Waals surface area contributed by atoms with Crippen LogP contribution < -0.4 is 10.6 Å². The summed E-state index contributed by atoms with van der Waals surface area (Å²) in [7, 11) is 0. The van der Waals surface area contributed by atoms with Crippen molar-refractivity contribution in [3.05, 3.63) is 12.2 Å². The second-order valence-corrected chi connectivity index (χ2v) is 14.0. The highest BCUT2D eigenvalue weighted by molar-refractivity contribution is 5.82. The molecule has 2 amide bonds. The van der Waals surface area contributed by atoms with E-state index in [1.165, 1.54) is 57.8 Å². The molecule has 0 radical (unpaired) electrons. The molecule has 0 aromatic rings. The Bertz CT molecular complexity index is 870. The average Bonchev–Trinajstić information content (AvgIpc) is 3.39. The monoisotopic (exact) mass is 606 g/mol. The molecule has 4 atom stereocenters. The largest absolute Gasteiger partial charge is 0.481 e. The molecule has 8 heteroatoms. The number of aliphatic carboxylic acids is 1. The number of carbonyl (C=O) groups is 3. The first-order valence-corrected chi connectivity index (χ1v) is 17.2. The summed E-state index contributed by atoms with van der Waals surface area (Å²) in [5.74, 6) is -3.13. The van der Waals surface area contributed by atoms with E-state index in [9.17, 15) is 19.5 Å². The molecule has 1 saturated heterocycles. The van der Waals surface area contributed by atoms with Gasteiger partial charge in [-0.1, -0.05) is 90.7 Å². The van der Waals surface area contributed by atoms with Gasteiger partial charge in [0.15, 0.2) is 5.79 Å². The van der Waals surface area contributed by atoms with E-state index in [1.54, 1.807) is 13.8 Å². The minimum Gasteiger partial charge on any atom is -0.481 e. The van der Waals surface area contributed by atoms with Crippen molar-refractivity contribution in [1.82, 2.24) is 10.6 Å². The van der Waals surface area contributed by atoms with E-state index < -0.39 is 29.2 Å². The Morgan fingerprint density at radius 1 is 0.884 bits per heavy atom. The zero-order valence-corrected chi connectivity index (χ0v) is 27.9. The summed E-state index contributed by atoms with van der Waals surface area (Å²) < 4.78 is 11.6. The van der Waals surface area contributed by atoms with E-state index >= 15 is 0 Å². The first kappa shape index (κ1) is 37.3. The molecule has 0 spiro atoms. The zero-order valence-electron chi connectivity index (χ0n) is 27.9. The minimum absolute atomic E-state index is 0.00212. The number of carboxylic acids is 1. The lowest BCUT2D eigenvalue weighted by atomic mass is 9.84. The van der Waals surface area contributed by atoms with Crippen LogP contribution >= 0.6 is 0 Å². The van der Waals surface area contributed by atoms with Crippen LogP contribution in [0.4, 0.5) is 0 Å². The van der Waals surface area contributed by atoms with Gasteiger partial charge in [-0.3, -0.25) is 14.4 Å². The summed E-state index contributed by atoms with van der Waals surface area (Å²) in [6.45, 7) is 9.98. The van der Waals surface area contributed by atoms with Crippen molar-refractivity contribution in [2.24, 2.45) is 17.3 Å². The molecule has 43 heavy (non-hydrogen) atoms. The number of amides is 2. The highest BCUT2D eigenvalue weighted by Gasteiger charge is 2.46. The second-order valence-electron chi connectivity index (χ2n) is 14.0. The normalized spacial score (nSPS) is 23.7. The van der Waals surface area contributed by atoms with Gasteiger partial charge >= 0.3 is 5.97 Å². The summed E-state index contributed by atoms with van der Waals surface area (Å²) in [6, 6.07) is -0.177. The molecule has 8 nitrogen and oxygen atoms in total. The van der Waals surface area contributed by atoms with Crippen molar-refractivity contribution < 1.29 is 29.0 Å². The minimum atomic E-state index is -0.948. The molecule has 0 aromatic heterocycles. The third kappa shape index (κ3) is 14.1. The summed E-state index contributed by atoms with van der Waals surface area (Å²) >= 11 is 0. The van der Waals surface area contributed by atoms with Crippen molar-refractivity contribution in [2.75, 3.05) is 13.2 Å². The van der Waals surface area contributed by atoms with Gasteiger partial charge in [0.1, 0.15) is 6.10 Å². The Labute approximate surface area is 261 Å². The third-order valence-electron chi connectivity index (χ3n) is 9.05. The van der Waals surface area contributed by atoms with Crippen LogP contribution in [0.15, 0.2) is 12.2 Å². The molecule has 248 valence electrons. The predicted octanol–water partition coefficient (Wildman–Crippen LogP) is 7.30. The van der Waals surface area contributed by atoms with Gasteiger partial charge in [0, 0.05) is 24.4 Å². The number of carboxylic acid groups (broad SMARTS) is 1. The quantitative estimate of drug-likeness (QED) is 0.0933. The van der Waals surface area contributed by atoms with E-state index in [-0.39, 0.29) is 30.3 Å². The highest BCUT2D eigenvalue weighted by atomic mass is 16.7. The molecule has 1 heterocycles. The number of nitrogens with one attached hydrogen (secondary N) is 2. The Morgan fingerprint density at radius 3 is 2.12 bits per heavy atom.